The highest BCUT2D eigenvalue weighted by molar-refractivity contribution is 6.15. The quantitative estimate of drug-likeness (QED) is 0.193. The van der Waals surface area contributed by atoms with Gasteiger partial charge in [-0.05, 0) is 83.4 Å². The Morgan fingerprint density at radius 1 is 0.400 bits per heavy atom. The predicted octanol–water partition coefficient (Wildman–Crippen LogP) is 10.8. The number of para-hydroxylation sites is 3. The van der Waals surface area contributed by atoms with E-state index in [1.54, 1.807) is 0 Å². The molecule has 50 heavy (non-hydrogen) atoms. The third kappa shape index (κ3) is 4.31. The summed E-state index contributed by atoms with van der Waals surface area (Å²) in [7, 11) is 0. The standard InChI is InChI=1S/C45H25N5/c46-26-29-9-7-11-33(23-29)49-43-21-19-30(27-47)24-39(43)38-16-8-15-37(45(38)49)35-13-3-2-12-34(35)31-20-22-44-40(25-31)36-14-4-6-18-42(36)50(44)41-17-5-1-10-32(41)28-48/h1-25H. The van der Waals surface area contributed by atoms with Crippen LogP contribution in [0.2, 0.25) is 0 Å². The highest BCUT2D eigenvalue weighted by Gasteiger charge is 2.20. The Bertz CT molecular complexity index is 2970. The van der Waals surface area contributed by atoms with Crippen molar-refractivity contribution in [2.75, 3.05) is 0 Å². The minimum atomic E-state index is 0.578. The molecule has 0 atom stereocenters. The van der Waals surface area contributed by atoms with Crippen LogP contribution in [-0.4, -0.2) is 9.13 Å². The lowest BCUT2D eigenvalue weighted by atomic mass is 9.92. The van der Waals surface area contributed by atoms with Crippen LogP contribution < -0.4 is 0 Å². The third-order valence-electron chi connectivity index (χ3n) is 9.62. The van der Waals surface area contributed by atoms with Crippen molar-refractivity contribution in [1.82, 2.24) is 9.13 Å². The van der Waals surface area contributed by atoms with E-state index in [2.05, 4.69) is 106 Å². The molecule has 0 saturated heterocycles. The van der Waals surface area contributed by atoms with Crippen LogP contribution in [0.15, 0.2) is 152 Å². The van der Waals surface area contributed by atoms with Gasteiger partial charge in [-0.25, -0.2) is 0 Å². The first-order chi connectivity index (χ1) is 24.7. The monoisotopic (exact) mass is 635 g/mol. The van der Waals surface area contributed by atoms with Gasteiger partial charge in [0.25, 0.3) is 0 Å². The molecule has 0 radical (unpaired) electrons. The molecule has 0 spiro atoms. The van der Waals surface area contributed by atoms with E-state index in [-0.39, 0.29) is 0 Å². The van der Waals surface area contributed by atoms with Crippen LogP contribution in [0, 0.1) is 34.0 Å². The van der Waals surface area contributed by atoms with Crippen molar-refractivity contribution in [2.45, 2.75) is 0 Å². The van der Waals surface area contributed by atoms with Gasteiger partial charge in [-0.1, -0.05) is 84.9 Å². The molecule has 0 aliphatic heterocycles. The normalized spacial score (nSPS) is 11.1. The number of fused-ring (bicyclic) bond motifs is 6. The smallest absolute Gasteiger partial charge is 0.101 e. The van der Waals surface area contributed by atoms with E-state index in [0.717, 1.165) is 77.2 Å². The van der Waals surface area contributed by atoms with E-state index in [4.69, 9.17) is 0 Å². The summed E-state index contributed by atoms with van der Waals surface area (Å²) in [5.41, 5.74) is 11.8. The summed E-state index contributed by atoms with van der Waals surface area (Å²) in [6, 6.07) is 57.9. The Balaban J connectivity index is 1.32. The maximum Gasteiger partial charge on any atom is 0.101 e. The van der Waals surface area contributed by atoms with E-state index < -0.39 is 0 Å². The first kappa shape index (κ1) is 28.8. The average molecular weight is 636 g/mol. The molecule has 7 aromatic carbocycles. The van der Waals surface area contributed by atoms with Gasteiger partial charge >= 0.3 is 0 Å². The summed E-state index contributed by atoms with van der Waals surface area (Å²) in [6.45, 7) is 0. The Kier molecular flexibility index (Phi) is 6.56. The summed E-state index contributed by atoms with van der Waals surface area (Å²) >= 11 is 0. The number of hydrogen-bond acceptors (Lipinski definition) is 3. The Hall–Kier alpha value is -7.39. The molecular weight excluding hydrogens is 611 g/mol. The van der Waals surface area contributed by atoms with Crippen molar-refractivity contribution < 1.29 is 0 Å². The number of benzene rings is 7. The summed E-state index contributed by atoms with van der Waals surface area (Å²) in [6.07, 6.45) is 0. The lowest BCUT2D eigenvalue weighted by Crippen LogP contribution is -1.97. The van der Waals surface area contributed by atoms with Crippen LogP contribution in [-0.2, 0) is 0 Å². The van der Waals surface area contributed by atoms with E-state index >= 15 is 0 Å². The highest BCUT2D eigenvalue weighted by Crippen LogP contribution is 2.43. The van der Waals surface area contributed by atoms with Crippen molar-refractivity contribution >= 4 is 43.6 Å². The van der Waals surface area contributed by atoms with Gasteiger partial charge in [-0.2, -0.15) is 15.8 Å². The van der Waals surface area contributed by atoms with Gasteiger partial charge in [-0.15, -0.1) is 0 Å². The Labute approximate surface area is 287 Å². The third-order valence-corrected chi connectivity index (χ3v) is 9.62. The molecule has 9 aromatic rings. The number of aromatic nitrogens is 2. The maximum atomic E-state index is 9.97. The van der Waals surface area contributed by atoms with Gasteiger partial charge in [-0.3, -0.25) is 0 Å². The van der Waals surface area contributed by atoms with Crippen molar-refractivity contribution in [2.24, 2.45) is 0 Å². The zero-order valence-electron chi connectivity index (χ0n) is 26.7. The largest absolute Gasteiger partial charge is 0.309 e. The SMILES string of the molecule is N#Cc1cccc(-n2c3ccc(C#N)cc3c3cccc(-c4ccccc4-c4ccc5c(c4)c4ccccc4n5-c4ccccc4C#N)c32)c1. The number of rotatable bonds is 4. The highest BCUT2D eigenvalue weighted by atomic mass is 15.0. The van der Waals surface area contributed by atoms with Gasteiger partial charge in [0.05, 0.1) is 56.6 Å². The van der Waals surface area contributed by atoms with E-state index in [1.165, 1.54) is 0 Å². The maximum absolute atomic E-state index is 9.97. The average Bonchev–Trinajstić information content (AvgIpc) is 3.70. The second-order valence-electron chi connectivity index (χ2n) is 12.3. The molecule has 0 bridgehead atoms. The molecule has 230 valence electrons. The predicted molar refractivity (Wildman–Crippen MR) is 200 cm³/mol. The Morgan fingerprint density at radius 3 is 1.90 bits per heavy atom. The zero-order valence-corrected chi connectivity index (χ0v) is 26.7. The fourth-order valence-electron chi connectivity index (χ4n) is 7.47. The van der Waals surface area contributed by atoms with Crippen LogP contribution in [0.1, 0.15) is 16.7 Å². The molecule has 2 heterocycles. The minimum Gasteiger partial charge on any atom is -0.309 e. The van der Waals surface area contributed by atoms with E-state index in [1.807, 2.05) is 72.8 Å². The second-order valence-corrected chi connectivity index (χ2v) is 12.3. The first-order valence-corrected chi connectivity index (χ1v) is 16.3. The lowest BCUT2D eigenvalue weighted by molar-refractivity contribution is 1.17. The number of nitriles is 3. The molecule has 0 N–H and O–H groups in total. The molecule has 5 heteroatoms. The fourth-order valence-corrected chi connectivity index (χ4v) is 7.47. The van der Waals surface area contributed by atoms with Crippen molar-refractivity contribution in [3.05, 3.63) is 168 Å². The molecule has 9 rings (SSSR count). The van der Waals surface area contributed by atoms with Crippen molar-refractivity contribution in [3.8, 4) is 51.8 Å². The van der Waals surface area contributed by atoms with Gasteiger partial charge in [0.15, 0.2) is 0 Å². The molecule has 0 aliphatic rings. The van der Waals surface area contributed by atoms with Crippen LogP contribution in [0.3, 0.4) is 0 Å². The molecule has 0 fully saturated rings. The number of nitrogens with zero attached hydrogens (tertiary/aromatic N) is 5. The van der Waals surface area contributed by atoms with Gasteiger partial charge < -0.3 is 9.13 Å². The van der Waals surface area contributed by atoms with Crippen LogP contribution in [0.4, 0.5) is 0 Å². The molecule has 0 unspecified atom stereocenters. The summed E-state index contributed by atoms with van der Waals surface area (Å²) in [4.78, 5) is 0. The fraction of sp³-hybridized carbons (Fsp3) is 0. The molecule has 2 aromatic heterocycles. The molecule has 0 amide bonds. The van der Waals surface area contributed by atoms with Crippen LogP contribution in [0.25, 0.3) is 77.2 Å². The first-order valence-electron chi connectivity index (χ1n) is 16.3. The van der Waals surface area contributed by atoms with Gasteiger partial charge in [0.1, 0.15) is 6.07 Å². The van der Waals surface area contributed by atoms with Crippen molar-refractivity contribution in [3.63, 3.8) is 0 Å². The topological polar surface area (TPSA) is 81.2 Å². The second kappa shape index (κ2) is 11.4. The Morgan fingerprint density at radius 2 is 1.04 bits per heavy atom. The van der Waals surface area contributed by atoms with Gasteiger partial charge in [0.2, 0.25) is 0 Å². The minimum absolute atomic E-state index is 0.578. The zero-order chi connectivity index (χ0) is 33.8. The number of hydrogen-bond donors (Lipinski definition) is 0. The van der Waals surface area contributed by atoms with Crippen LogP contribution in [0.5, 0.6) is 0 Å². The summed E-state index contributed by atoms with van der Waals surface area (Å²) in [5.74, 6) is 0. The van der Waals surface area contributed by atoms with E-state index in [0.29, 0.717) is 16.7 Å². The molecule has 5 nitrogen and oxygen atoms in total. The molecule has 0 aliphatic carbocycles. The lowest BCUT2D eigenvalue weighted by Gasteiger charge is -2.15. The van der Waals surface area contributed by atoms with Gasteiger partial charge in [0, 0.05) is 32.8 Å². The summed E-state index contributed by atoms with van der Waals surface area (Å²) in [5, 5.41) is 33.7. The summed E-state index contributed by atoms with van der Waals surface area (Å²) < 4.78 is 4.39. The van der Waals surface area contributed by atoms with Crippen molar-refractivity contribution in [1.29, 1.82) is 15.8 Å². The van der Waals surface area contributed by atoms with E-state index in [9.17, 15) is 15.8 Å². The molecule has 0 saturated carbocycles. The molecular formula is C45H25N5. The van der Waals surface area contributed by atoms with Crippen LogP contribution >= 0.6 is 0 Å².